The first kappa shape index (κ1) is 9.02. The summed E-state index contributed by atoms with van der Waals surface area (Å²) in [7, 11) is 0. The van der Waals surface area contributed by atoms with Gasteiger partial charge in [0.05, 0.1) is 5.69 Å². The third-order valence-electron chi connectivity index (χ3n) is 2.30. The summed E-state index contributed by atoms with van der Waals surface area (Å²) < 4.78 is 0. The standard InChI is InChI=1S/C10H12N2O2/c13-8-12-10(14)6-7-11(12)9-4-2-1-3-5-9/h1-5,13H,6-8H2. The molecule has 1 aromatic carbocycles. The minimum atomic E-state index is -0.256. The first-order valence-corrected chi connectivity index (χ1v) is 4.56. The Kier molecular flexibility index (Phi) is 2.37. The number of para-hydroxylation sites is 1. The van der Waals surface area contributed by atoms with Gasteiger partial charge in [0.25, 0.3) is 0 Å². The van der Waals surface area contributed by atoms with E-state index in [-0.39, 0.29) is 12.6 Å². The van der Waals surface area contributed by atoms with Crippen molar-refractivity contribution in [3.8, 4) is 0 Å². The van der Waals surface area contributed by atoms with E-state index in [2.05, 4.69) is 0 Å². The molecule has 0 radical (unpaired) electrons. The van der Waals surface area contributed by atoms with Crippen molar-refractivity contribution in [2.75, 3.05) is 18.3 Å². The zero-order valence-corrected chi connectivity index (χ0v) is 7.76. The summed E-state index contributed by atoms with van der Waals surface area (Å²) in [6.45, 7) is 0.386. The molecule has 1 aliphatic rings. The van der Waals surface area contributed by atoms with Crippen LogP contribution in [-0.2, 0) is 4.79 Å². The molecule has 0 atom stereocenters. The van der Waals surface area contributed by atoms with E-state index in [1.807, 2.05) is 30.3 Å². The molecule has 0 bridgehead atoms. The van der Waals surface area contributed by atoms with Crippen LogP contribution in [0.3, 0.4) is 0 Å². The molecule has 4 nitrogen and oxygen atoms in total. The smallest absolute Gasteiger partial charge is 0.245 e. The number of carbonyl (C=O) groups is 1. The number of anilines is 1. The maximum absolute atomic E-state index is 11.3. The number of aliphatic hydroxyl groups excluding tert-OH is 1. The Hall–Kier alpha value is -1.55. The predicted octanol–water partition coefficient (Wildman–Crippen LogP) is 0.590. The number of hydrogen-bond donors (Lipinski definition) is 1. The van der Waals surface area contributed by atoms with Crippen molar-refractivity contribution in [1.29, 1.82) is 0 Å². The van der Waals surface area contributed by atoms with Crippen LogP contribution in [0.5, 0.6) is 0 Å². The van der Waals surface area contributed by atoms with Crippen LogP contribution in [0.2, 0.25) is 0 Å². The van der Waals surface area contributed by atoms with Crippen LogP contribution < -0.4 is 5.01 Å². The molecule has 0 saturated carbocycles. The van der Waals surface area contributed by atoms with E-state index in [4.69, 9.17) is 5.11 Å². The summed E-state index contributed by atoms with van der Waals surface area (Å²) in [4.78, 5) is 11.3. The Labute approximate surface area is 82.3 Å². The highest BCUT2D eigenvalue weighted by Crippen LogP contribution is 2.21. The molecule has 1 N–H and O–H groups in total. The van der Waals surface area contributed by atoms with Gasteiger partial charge in [0.15, 0.2) is 0 Å². The molecule has 1 aliphatic heterocycles. The average Bonchev–Trinajstić information content (AvgIpc) is 2.61. The normalized spacial score (nSPS) is 16.5. The lowest BCUT2D eigenvalue weighted by molar-refractivity contribution is -0.131. The number of carbonyl (C=O) groups excluding carboxylic acids is 1. The molecule has 4 heteroatoms. The van der Waals surface area contributed by atoms with Crippen molar-refractivity contribution < 1.29 is 9.90 Å². The van der Waals surface area contributed by atoms with Gasteiger partial charge in [-0.15, -0.1) is 0 Å². The molecule has 0 unspecified atom stereocenters. The topological polar surface area (TPSA) is 43.8 Å². The van der Waals surface area contributed by atoms with Gasteiger partial charge >= 0.3 is 0 Å². The highest BCUT2D eigenvalue weighted by Gasteiger charge is 2.27. The molecule has 0 spiro atoms. The van der Waals surface area contributed by atoms with Crippen LogP contribution in [0, 0.1) is 0 Å². The fourth-order valence-corrected chi connectivity index (χ4v) is 1.61. The molecule has 2 rings (SSSR count). The maximum atomic E-state index is 11.3. The van der Waals surface area contributed by atoms with Gasteiger partial charge in [-0.1, -0.05) is 18.2 Å². The Morgan fingerprint density at radius 3 is 2.64 bits per heavy atom. The number of amides is 1. The number of hydrazine groups is 1. The monoisotopic (exact) mass is 192 g/mol. The Morgan fingerprint density at radius 1 is 1.29 bits per heavy atom. The number of benzene rings is 1. The second-order valence-electron chi connectivity index (χ2n) is 3.14. The Morgan fingerprint density at radius 2 is 2.00 bits per heavy atom. The lowest BCUT2D eigenvalue weighted by Crippen LogP contribution is -2.39. The predicted molar refractivity (Wildman–Crippen MR) is 52.3 cm³/mol. The lowest BCUT2D eigenvalue weighted by Gasteiger charge is -2.27. The summed E-state index contributed by atoms with van der Waals surface area (Å²) in [6, 6.07) is 9.58. The number of rotatable bonds is 2. The SMILES string of the molecule is O=C1CCN(c2ccccc2)N1CO. The molecule has 1 aromatic rings. The van der Waals surface area contributed by atoms with Gasteiger partial charge in [-0.2, -0.15) is 0 Å². The summed E-state index contributed by atoms with van der Waals surface area (Å²) in [5.74, 6) is -0.0312. The average molecular weight is 192 g/mol. The maximum Gasteiger partial charge on any atom is 0.245 e. The van der Waals surface area contributed by atoms with Gasteiger partial charge in [0.2, 0.25) is 5.91 Å². The zero-order chi connectivity index (χ0) is 9.97. The van der Waals surface area contributed by atoms with Gasteiger partial charge in [-0.25, -0.2) is 5.01 Å². The van der Waals surface area contributed by atoms with Crippen LogP contribution in [0.15, 0.2) is 30.3 Å². The summed E-state index contributed by atoms with van der Waals surface area (Å²) in [5.41, 5.74) is 0.937. The largest absolute Gasteiger partial charge is 0.374 e. The van der Waals surface area contributed by atoms with Gasteiger partial charge in [0.1, 0.15) is 6.73 Å². The minimum Gasteiger partial charge on any atom is -0.374 e. The first-order valence-electron chi connectivity index (χ1n) is 4.56. The fraction of sp³-hybridized carbons (Fsp3) is 0.300. The van der Waals surface area contributed by atoms with Crippen molar-refractivity contribution in [3.63, 3.8) is 0 Å². The molecule has 0 aliphatic carbocycles. The second-order valence-corrected chi connectivity index (χ2v) is 3.14. The van der Waals surface area contributed by atoms with E-state index in [0.29, 0.717) is 13.0 Å². The molecule has 0 aromatic heterocycles. The van der Waals surface area contributed by atoms with Crippen molar-refractivity contribution in [2.24, 2.45) is 0 Å². The van der Waals surface area contributed by atoms with Crippen LogP contribution in [0.25, 0.3) is 0 Å². The molecule has 1 amide bonds. The number of hydrogen-bond acceptors (Lipinski definition) is 3. The molecular formula is C10H12N2O2. The van der Waals surface area contributed by atoms with Crippen molar-refractivity contribution in [1.82, 2.24) is 5.01 Å². The van der Waals surface area contributed by atoms with Crippen LogP contribution in [-0.4, -0.2) is 29.3 Å². The van der Waals surface area contributed by atoms with Crippen molar-refractivity contribution in [2.45, 2.75) is 6.42 Å². The second kappa shape index (κ2) is 3.67. The zero-order valence-electron chi connectivity index (χ0n) is 7.76. The van der Waals surface area contributed by atoms with E-state index in [1.165, 1.54) is 5.01 Å². The Balaban J connectivity index is 2.23. The van der Waals surface area contributed by atoms with Crippen LogP contribution in [0.4, 0.5) is 5.69 Å². The van der Waals surface area contributed by atoms with Gasteiger partial charge in [-0.05, 0) is 12.1 Å². The first-order chi connectivity index (χ1) is 6.83. The van der Waals surface area contributed by atoms with Crippen LogP contribution in [0.1, 0.15) is 6.42 Å². The van der Waals surface area contributed by atoms with Gasteiger partial charge in [-0.3, -0.25) is 9.80 Å². The summed E-state index contributed by atoms with van der Waals surface area (Å²) in [5, 5.41) is 12.2. The highest BCUT2D eigenvalue weighted by molar-refractivity contribution is 5.81. The van der Waals surface area contributed by atoms with E-state index >= 15 is 0 Å². The van der Waals surface area contributed by atoms with E-state index < -0.39 is 0 Å². The summed E-state index contributed by atoms with van der Waals surface area (Å²) in [6.07, 6.45) is 0.468. The minimum absolute atomic E-state index is 0.0312. The fourth-order valence-electron chi connectivity index (χ4n) is 1.61. The molecule has 1 heterocycles. The molecule has 1 fully saturated rings. The van der Waals surface area contributed by atoms with Crippen LogP contribution >= 0.6 is 0 Å². The van der Waals surface area contributed by atoms with E-state index in [0.717, 1.165) is 5.69 Å². The third-order valence-corrected chi connectivity index (χ3v) is 2.30. The lowest BCUT2D eigenvalue weighted by atomic mass is 10.3. The van der Waals surface area contributed by atoms with Crippen molar-refractivity contribution in [3.05, 3.63) is 30.3 Å². The Bertz CT molecular complexity index is 326. The van der Waals surface area contributed by atoms with E-state index in [9.17, 15) is 4.79 Å². The number of nitrogens with zero attached hydrogens (tertiary/aromatic N) is 2. The highest BCUT2D eigenvalue weighted by atomic mass is 16.3. The van der Waals surface area contributed by atoms with E-state index in [1.54, 1.807) is 5.01 Å². The van der Waals surface area contributed by atoms with Gasteiger partial charge in [0, 0.05) is 13.0 Å². The molecule has 1 saturated heterocycles. The number of aliphatic hydroxyl groups is 1. The third kappa shape index (κ3) is 1.44. The summed E-state index contributed by atoms with van der Waals surface area (Å²) >= 11 is 0. The quantitative estimate of drug-likeness (QED) is 0.745. The molecule has 14 heavy (non-hydrogen) atoms. The molecular weight excluding hydrogens is 180 g/mol. The van der Waals surface area contributed by atoms with Crippen molar-refractivity contribution >= 4 is 11.6 Å². The van der Waals surface area contributed by atoms with Gasteiger partial charge < -0.3 is 5.11 Å². The molecule has 74 valence electrons.